The molecule has 0 aromatic heterocycles. The molecule has 1 aromatic carbocycles. The van der Waals surface area contributed by atoms with Crippen molar-refractivity contribution in [3.8, 4) is 0 Å². The van der Waals surface area contributed by atoms with E-state index in [0.29, 0.717) is 30.2 Å². The van der Waals surface area contributed by atoms with Crippen LogP contribution in [0, 0.1) is 0 Å². The molecule has 2 amide bonds. The van der Waals surface area contributed by atoms with Crippen LogP contribution >= 0.6 is 11.6 Å². The number of hydrogen-bond acceptors (Lipinski definition) is 2. The van der Waals surface area contributed by atoms with E-state index in [0.717, 1.165) is 12.8 Å². The Morgan fingerprint density at radius 3 is 2.43 bits per heavy atom. The van der Waals surface area contributed by atoms with Crippen molar-refractivity contribution in [1.82, 2.24) is 9.80 Å². The van der Waals surface area contributed by atoms with Crippen LogP contribution in [-0.2, 0) is 4.79 Å². The Labute approximate surface area is 130 Å². The van der Waals surface area contributed by atoms with Crippen molar-refractivity contribution in [2.75, 3.05) is 19.6 Å². The number of amides is 2. The van der Waals surface area contributed by atoms with Gasteiger partial charge < -0.3 is 9.80 Å². The summed E-state index contributed by atoms with van der Waals surface area (Å²) in [5, 5.41) is 0.601. The lowest BCUT2D eigenvalue weighted by Gasteiger charge is -2.29. The average Bonchev–Trinajstić information content (AvgIpc) is 2.97. The molecule has 114 valence electrons. The summed E-state index contributed by atoms with van der Waals surface area (Å²) < 4.78 is 0. The van der Waals surface area contributed by atoms with Gasteiger partial charge in [0.05, 0.1) is 0 Å². The maximum atomic E-state index is 12.6. The summed E-state index contributed by atoms with van der Waals surface area (Å²) in [7, 11) is 0. The first-order valence-electron chi connectivity index (χ1n) is 7.43. The van der Waals surface area contributed by atoms with Crippen molar-refractivity contribution in [1.29, 1.82) is 0 Å². The molecule has 1 fully saturated rings. The predicted molar refractivity (Wildman–Crippen MR) is 83.4 cm³/mol. The Bertz CT molecular complexity index is 512. The zero-order valence-electron chi connectivity index (χ0n) is 12.5. The Hall–Kier alpha value is -1.55. The molecule has 1 atom stereocenters. The third kappa shape index (κ3) is 3.38. The molecule has 0 unspecified atom stereocenters. The van der Waals surface area contributed by atoms with Crippen molar-refractivity contribution >= 4 is 23.4 Å². The molecule has 4 nitrogen and oxygen atoms in total. The molecule has 1 aromatic rings. The van der Waals surface area contributed by atoms with Crippen LogP contribution in [0.3, 0.4) is 0 Å². The number of likely N-dealkylation sites (tertiary alicyclic amines) is 1. The SMILES string of the molecule is CCN(CC)C(=O)[C@@H]1CCCN1C(=O)c1ccc(Cl)cc1. The fourth-order valence-corrected chi connectivity index (χ4v) is 2.90. The Morgan fingerprint density at radius 1 is 1.24 bits per heavy atom. The minimum absolute atomic E-state index is 0.0554. The van der Waals surface area contributed by atoms with Gasteiger partial charge in [0.1, 0.15) is 6.04 Å². The summed E-state index contributed by atoms with van der Waals surface area (Å²) in [5.74, 6) is -0.0329. The molecule has 1 heterocycles. The number of benzene rings is 1. The highest BCUT2D eigenvalue weighted by atomic mass is 35.5. The molecule has 1 aliphatic rings. The first-order valence-corrected chi connectivity index (χ1v) is 7.81. The van der Waals surface area contributed by atoms with Gasteiger partial charge in [0.2, 0.25) is 5.91 Å². The van der Waals surface area contributed by atoms with E-state index in [9.17, 15) is 9.59 Å². The van der Waals surface area contributed by atoms with Crippen LogP contribution in [0.1, 0.15) is 37.0 Å². The van der Waals surface area contributed by atoms with Gasteiger partial charge in [-0.15, -0.1) is 0 Å². The van der Waals surface area contributed by atoms with E-state index >= 15 is 0 Å². The molecule has 0 radical (unpaired) electrons. The smallest absolute Gasteiger partial charge is 0.254 e. The molecular weight excluding hydrogens is 288 g/mol. The highest BCUT2D eigenvalue weighted by Gasteiger charge is 2.36. The van der Waals surface area contributed by atoms with Crippen LogP contribution in [0.2, 0.25) is 5.02 Å². The van der Waals surface area contributed by atoms with Crippen LogP contribution < -0.4 is 0 Å². The normalized spacial score (nSPS) is 17.9. The second kappa shape index (κ2) is 6.94. The second-order valence-corrected chi connectivity index (χ2v) is 5.61. The predicted octanol–water partition coefficient (Wildman–Crippen LogP) is 2.81. The highest BCUT2D eigenvalue weighted by molar-refractivity contribution is 6.30. The van der Waals surface area contributed by atoms with Crippen LogP contribution in [0.15, 0.2) is 24.3 Å². The van der Waals surface area contributed by atoms with E-state index in [1.165, 1.54) is 0 Å². The van der Waals surface area contributed by atoms with Crippen molar-refractivity contribution in [3.63, 3.8) is 0 Å². The van der Waals surface area contributed by atoms with E-state index in [4.69, 9.17) is 11.6 Å². The van der Waals surface area contributed by atoms with E-state index in [-0.39, 0.29) is 17.9 Å². The third-order valence-electron chi connectivity index (χ3n) is 3.97. The van der Waals surface area contributed by atoms with Gasteiger partial charge >= 0.3 is 0 Å². The number of carbonyl (C=O) groups is 2. The summed E-state index contributed by atoms with van der Waals surface area (Å²) in [6.07, 6.45) is 1.62. The number of hydrogen-bond donors (Lipinski definition) is 0. The minimum Gasteiger partial charge on any atom is -0.341 e. The fraction of sp³-hybridized carbons (Fsp3) is 0.500. The molecule has 0 saturated carbocycles. The third-order valence-corrected chi connectivity index (χ3v) is 4.22. The zero-order valence-corrected chi connectivity index (χ0v) is 13.3. The molecular formula is C16H21ClN2O2. The van der Waals surface area contributed by atoms with Crippen LogP contribution in [-0.4, -0.2) is 47.3 Å². The Balaban J connectivity index is 2.16. The molecule has 1 saturated heterocycles. The van der Waals surface area contributed by atoms with Gasteiger partial charge in [0, 0.05) is 30.2 Å². The van der Waals surface area contributed by atoms with Crippen molar-refractivity contribution in [2.45, 2.75) is 32.7 Å². The second-order valence-electron chi connectivity index (χ2n) is 5.17. The molecule has 21 heavy (non-hydrogen) atoms. The largest absolute Gasteiger partial charge is 0.341 e. The molecule has 0 spiro atoms. The first kappa shape index (κ1) is 15.8. The quantitative estimate of drug-likeness (QED) is 0.858. The van der Waals surface area contributed by atoms with Crippen LogP contribution in [0.4, 0.5) is 0 Å². The van der Waals surface area contributed by atoms with Gasteiger partial charge in [-0.2, -0.15) is 0 Å². The van der Waals surface area contributed by atoms with Gasteiger partial charge in [-0.05, 0) is 51.0 Å². The highest BCUT2D eigenvalue weighted by Crippen LogP contribution is 2.22. The summed E-state index contributed by atoms with van der Waals surface area (Å²) in [4.78, 5) is 28.6. The maximum absolute atomic E-state index is 12.6. The lowest BCUT2D eigenvalue weighted by Crippen LogP contribution is -2.47. The van der Waals surface area contributed by atoms with Gasteiger partial charge in [0.15, 0.2) is 0 Å². The molecule has 5 heteroatoms. The summed E-state index contributed by atoms with van der Waals surface area (Å²) >= 11 is 5.85. The van der Waals surface area contributed by atoms with Gasteiger partial charge in [-0.1, -0.05) is 11.6 Å². The van der Waals surface area contributed by atoms with E-state index < -0.39 is 0 Å². The maximum Gasteiger partial charge on any atom is 0.254 e. The van der Waals surface area contributed by atoms with E-state index in [1.54, 1.807) is 34.1 Å². The van der Waals surface area contributed by atoms with E-state index in [2.05, 4.69) is 0 Å². The van der Waals surface area contributed by atoms with Gasteiger partial charge in [-0.25, -0.2) is 0 Å². The van der Waals surface area contributed by atoms with Crippen molar-refractivity contribution in [3.05, 3.63) is 34.9 Å². The number of rotatable bonds is 4. The van der Waals surface area contributed by atoms with Crippen LogP contribution in [0.5, 0.6) is 0 Å². The van der Waals surface area contributed by atoms with Gasteiger partial charge in [-0.3, -0.25) is 9.59 Å². The lowest BCUT2D eigenvalue weighted by atomic mass is 10.1. The number of halogens is 1. The fourth-order valence-electron chi connectivity index (χ4n) is 2.77. The van der Waals surface area contributed by atoms with Gasteiger partial charge in [0.25, 0.3) is 5.91 Å². The van der Waals surface area contributed by atoms with Crippen molar-refractivity contribution < 1.29 is 9.59 Å². The summed E-state index contributed by atoms with van der Waals surface area (Å²) in [6, 6.07) is 6.50. The Morgan fingerprint density at radius 2 is 1.86 bits per heavy atom. The number of carbonyl (C=O) groups excluding carboxylic acids is 2. The first-order chi connectivity index (χ1) is 10.1. The average molecular weight is 309 g/mol. The number of likely N-dealkylation sites (N-methyl/N-ethyl adjacent to an activating group) is 1. The summed E-state index contributed by atoms with van der Waals surface area (Å²) in [6.45, 7) is 5.91. The molecule has 0 aliphatic carbocycles. The molecule has 0 bridgehead atoms. The van der Waals surface area contributed by atoms with Crippen molar-refractivity contribution in [2.24, 2.45) is 0 Å². The van der Waals surface area contributed by atoms with E-state index in [1.807, 2.05) is 13.8 Å². The van der Waals surface area contributed by atoms with Crippen LogP contribution in [0.25, 0.3) is 0 Å². The molecule has 1 aliphatic heterocycles. The zero-order chi connectivity index (χ0) is 15.4. The monoisotopic (exact) mass is 308 g/mol. The standard InChI is InChI=1S/C16H21ClN2O2/c1-3-18(4-2)16(21)14-6-5-11-19(14)15(20)12-7-9-13(17)10-8-12/h7-10,14H,3-6,11H2,1-2H3/t14-/m0/s1. The summed E-state index contributed by atoms with van der Waals surface area (Å²) in [5.41, 5.74) is 0.582. The molecule has 2 rings (SSSR count). The lowest BCUT2D eigenvalue weighted by molar-refractivity contribution is -0.134. The topological polar surface area (TPSA) is 40.6 Å². The number of nitrogens with zero attached hydrogens (tertiary/aromatic N) is 2. The molecule has 0 N–H and O–H groups in total. The minimum atomic E-state index is -0.326. The Kier molecular flexibility index (Phi) is 5.23.